The first kappa shape index (κ1) is 14.6. The van der Waals surface area contributed by atoms with Crippen LogP contribution in [0.3, 0.4) is 0 Å². The summed E-state index contributed by atoms with van der Waals surface area (Å²) in [6.45, 7) is 2.00. The number of amides is 1. The van der Waals surface area contributed by atoms with Crippen molar-refractivity contribution >= 4 is 23.2 Å². The molecular weight excluding hydrogens is 276 g/mol. The van der Waals surface area contributed by atoms with Crippen molar-refractivity contribution in [2.24, 2.45) is 0 Å². The first-order valence-electron chi connectivity index (χ1n) is 6.43. The standard InChI is InChI=1S/C14H17ClN4O/c1-18(2)14(20)13-9-17-6-7-19(13)12-5-3-4-11(15)10(12)8-16/h3-5,13,17H,6-7,9H2,1-2H3. The Morgan fingerprint density at radius 2 is 2.30 bits per heavy atom. The predicted molar refractivity (Wildman–Crippen MR) is 78.9 cm³/mol. The summed E-state index contributed by atoms with van der Waals surface area (Å²) in [5.41, 5.74) is 1.15. The maximum absolute atomic E-state index is 12.3. The van der Waals surface area contributed by atoms with Crippen molar-refractivity contribution in [2.45, 2.75) is 6.04 Å². The van der Waals surface area contributed by atoms with Gasteiger partial charge in [-0.25, -0.2) is 0 Å². The van der Waals surface area contributed by atoms with Crippen LogP contribution in [0.1, 0.15) is 5.56 Å². The summed E-state index contributed by atoms with van der Waals surface area (Å²) in [6, 6.07) is 7.15. The Labute approximate surface area is 123 Å². The van der Waals surface area contributed by atoms with E-state index in [0.717, 1.165) is 12.2 Å². The molecule has 1 atom stereocenters. The van der Waals surface area contributed by atoms with Gasteiger partial charge in [-0.1, -0.05) is 17.7 Å². The number of halogens is 1. The molecule has 1 fully saturated rings. The Morgan fingerprint density at radius 3 is 2.95 bits per heavy atom. The van der Waals surface area contributed by atoms with Crippen molar-refractivity contribution < 1.29 is 4.79 Å². The Balaban J connectivity index is 2.41. The summed E-state index contributed by atoms with van der Waals surface area (Å²) in [7, 11) is 3.47. The Morgan fingerprint density at radius 1 is 1.55 bits per heavy atom. The van der Waals surface area contributed by atoms with Gasteiger partial charge >= 0.3 is 0 Å². The number of nitrogens with one attached hydrogen (secondary N) is 1. The van der Waals surface area contributed by atoms with Crippen LogP contribution in [0.4, 0.5) is 5.69 Å². The molecule has 2 rings (SSSR count). The van der Waals surface area contributed by atoms with Crippen LogP contribution >= 0.6 is 11.6 Å². The van der Waals surface area contributed by atoms with E-state index in [1.54, 1.807) is 31.1 Å². The summed E-state index contributed by atoms with van der Waals surface area (Å²) < 4.78 is 0. The van der Waals surface area contributed by atoms with Crippen molar-refractivity contribution in [2.75, 3.05) is 38.6 Å². The van der Waals surface area contributed by atoms with Crippen LogP contribution in [0.25, 0.3) is 0 Å². The second-order valence-corrected chi connectivity index (χ2v) is 5.30. The van der Waals surface area contributed by atoms with Crippen LogP contribution in [0.2, 0.25) is 5.02 Å². The number of carbonyl (C=O) groups excluding carboxylic acids is 1. The number of carbonyl (C=O) groups is 1. The van der Waals surface area contributed by atoms with Gasteiger partial charge in [-0.05, 0) is 12.1 Å². The summed E-state index contributed by atoms with van der Waals surface area (Å²) in [4.78, 5) is 15.8. The molecule has 0 saturated carbocycles. The highest BCUT2D eigenvalue weighted by Crippen LogP contribution is 2.28. The molecule has 0 bridgehead atoms. The van der Waals surface area contributed by atoms with E-state index >= 15 is 0 Å². The predicted octanol–water partition coefficient (Wildman–Crippen LogP) is 1.08. The highest BCUT2D eigenvalue weighted by Gasteiger charge is 2.31. The van der Waals surface area contributed by atoms with Gasteiger partial charge in [0.05, 0.1) is 16.3 Å². The van der Waals surface area contributed by atoms with Crippen molar-refractivity contribution in [3.63, 3.8) is 0 Å². The van der Waals surface area contributed by atoms with Crippen molar-refractivity contribution in [3.8, 4) is 6.07 Å². The van der Waals surface area contributed by atoms with Gasteiger partial charge in [0.1, 0.15) is 12.1 Å². The van der Waals surface area contributed by atoms with Gasteiger partial charge in [0, 0.05) is 33.7 Å². The van der Waals surface area contributed by atoms with Gasteiger partial charge in [0.15, 0.2) is 0 Å². The van der Waals surface area contributed by atoms with Crippen LogP contribution in [-0.4, -0.2) is 50.6 Å². The van der Waals surface area contributed by atoms with E-state index < -0.39 is 0 Å². The summed E-state index contributed by atoms with van der Waals surface area (Å²) in [5.74, 6) is 0.0149. The molecule has 1 aliphatic rings. The molecule has 5 nitrogen and oxygen atoms in total. The average molecular weight is 293 g/mol. The fraction of sp³-hybridized carbons (Fsp3) is 0.429. The van der Waals surface area contributed by atoms with E-state index in [0.29, 0.717) is 23.7 Å². The average Bonchev–Trinajstić information content (AvgIpc) is 2.46. The number of hydrogen-bond acceptors (Lipinski definition) is 4. The van der Waals surface area contributed by atoms with E-state index in [2.05, 4.69) is 11.4 Å². The minimum Gasteiger partial charge on any atom is -0.356 e. The highest BCUT2D eigenvalue weighted by molar-refractivity contribution is 6.32. The number of piperazine rings is 1. The largest absolute Gasteiger partial charge is 0.356 e. The lowest BCUT2D eigenvalue weighted by Gasteiger charge is -2.38. The highest BCUT2D eigenvalue weighted by atomic mass is 35.5. The van der Waals surface area contributed by atoms with Gasteiger partial charge in [-0.3, -0.25) is 4.79 Å². The topological polar surface area (TPSA) is 59.4 Å². The maximum atomic E-state index is 12.3. The fourth-order valence-corrected chi connectivity index (χ4v) is 2.59. The van der Waals surface area contributed by atoms with Crippen molar-refractivity contribution in [1.29, 1.82) is 5.26 Å². The summed E-state index contributed by atoms with van der Waals surface area (Å²) in [5, 5.41) is 12.9. The van der Waals surface area contributed by atoms with E-state index in [-0.39, 0.29) is 11.9 Å². The normalized spacial score (nSPS) is 18.5. The Kier molecular flexibility index (Phi) is 4.48. The quantitative estimate of drug-likeness (QED) is 0.886. The first-order valence-corrected chi connectivity index (χ1v) is 6.81. The lowest BCUT2D eigenvalue weighted by Crippen LogP contribution is -2.58. The molecule has 0 aromatic heterocycles. The maximum Gasteiger partial charge on any atom is 0.246 e. The third kappa shape index (κ3) is 2.72. The van der Waals surface area contributed by atoms with Gasteiger partial charge in [0.2, 0.25) is 5.91 Å². The molecule has 6 heteroatoms. The van der Waals surface area contributed by atoms with Crippen molar-refractivity contribution in [3.05, 3.63) is 28.8 Å². The number of nitriles is 1. The van der Waals surface area contributed by atoms with Gasteiger partial charge in [-0.2, -0.15) is 5.26 Å². The van der Waals surface area contributed by atoms with Crippen LogP contribution in [0.15, 0.2) is 18.2 Å². The van der Waals surface area contributed by atoms with E-state index in [1.165, 1.54) is 0 Å². The number of benzene rings is 1. The van der Waals surface area contributed by atoms with Gasteiger partial charge < -0.3 is 15.1 Å². The number of rotatable bonds is 2. The lowest BCUT2D eigenvalue weighted by atomic mass is 10.1. The molecule has 0 radical (unpaired) electrons. The minimum atomic E-state index is -0.315. The summed E-state index contributed by atoms with van der Waals surface area (Å²) >= 11 is 6.08. The molecule has 20 heavy (non-hydrogen) atoms. The molecule has 1 unspecified atom stereocenters. The second-order valence-electron chi connectivity index (χ2n) is 4.89. The minimum absolute atomic E-state index is 0.0149. The zero-order valence-corrected chi connectivity index (χ0v) is 12.3. The molecule has 1 saturated heterocycles. The van der Waals surface area contributed by atoms with Crippen LogP contribution < -0.4 is 10.2 Å². The van der Waals surface area contributed by atoms with Crippen LogP contribution in [0, 0.1) is 11.3 Å². The lowest BCUT2D eigenvalue weighted by molar-refractivity contribution is -0.130. The third-order valence-electron chi connectivity index (χ3n) is 3.38. The molecule has 1 aromatic carbocycles. The molecule has 1 N–H and O–H groups in total. The molecule has 0 spiro atoms. The molecule has 1 aliphatic heterocycles. The molecule has 106 valence electrons. The number of hydrogen-bond donors (Lipinski definition) is 1. The number of anilines is 1. The van der Waals surface area contributed by atoms with E-state index in [1.807, 2.05) is 11.0 Å². The second kappa shape index (κ2) is 6.12. The summed E-state index contributed by atoms with van der Waals surface area (Å²) in [6.07, 6.45) is 0. The van der Waals surface area contributed by atoms with Gasteiger partial charge in [0.25, 0.3) is 0 Å². The number of likely N-dealkylation sites (N-methyl/N-ethyl adjacent to an activating group) is 1. The molecular formula is C14H17ClN4O. The zero-order chi connectivity index (χ0) is 14.7. The van der Waals surface area contributed by atoms with E-state index in [9.17, 15) is 10.1 Å². The molecule has 1 heterocycles. The zero-order valence-electron chi connectivity index (χ0n) is 11.6. The van der Waals surface area contributed by atoms with Gasteiger partial charge in [-0.15, -0.1) is 0 Å². The molecule has 1 amide bonds. The van der Waals surface area contributed by atoms with Crippen molar-refractivity contribution in [1.82, 2.24) is 10.2 Å². The van der Waals surface area contributed by atoms with Crippen LogP contribution in [-0.2, 0) is 4.79 Å². The monoisotopic (exact) mass is 292 g/mol. The Bertz CT molecular complexity index is 553. The van der Waals surface area contributed by atoms with Crippen LogP contribution in [0.5, 0.6) is 0 Å². The Hall–Kier alpha value is -1.77. The van der Waals surface area contributed by atoms with E-state index in [4.69, 9.17) is 11.6 Å². The molecule has 1 aromatic rings. The first-order chi connectivity index (χ1) is 9.56. The third-order valence-corrected chi connectivity index (χ3v) is 3.70. The fourth-order valence-electron chi connectivity index (χ4n) is 2.37. The molecule has 0 aliphatic carbocycles. The SMILES string of the molecule is CN(C)C(=O)C1CNCCN1c1cccc(Cl)c1C#N. The number of nitrogens with zero attached hydrogens (tertiary/aromatic N) is 3. The smallest absolute Gasteiger partial charge is 0.246 e.